The first-order chi connectivity index (χ1) is 14.2. The molecule has 1 aromatic carbocycles. The van der Waals surface area contributed by atoms with Crippen molar-refractivity contribution in [3.05, 3.63) is 84.0 Å². The van der Waals surface area contributed by atoms with E-state index in [2.05, 4.69) is 15.1 Å². The lowest BCUT2D eigenvalue weighted by Gasteiger charge is -2.12. The molecule has 0 fully saturated rings. The molecule has 0 spiro atoms. The molecule has 0 radical (unpaired) electrons. The Hall–Kier alpha value is -3.67. The summed E-state index contributed by atoms with van der Waals surface area (Å²) in [4.78, 5) is 8.66. The van der Waals surface area contributed by atoms with Crippen molar-refractivity contribution in [2.24, 2.45) is 0 Å². The minimum Gasteiger partial charge on any atom is -0.481 e. The molecule has 0 bridgehead atoms. The summed E-state index contributed by atoms with van der Waals surface area (Å²) < 4.78 is 16.7. The molecule has 0 aliphatic carbocycles. The van der Waals surface area contributed by atoms with Crippen molar-refractivity contribution in [1.29, 1.82) is 0 Å². The van der Waals surface area contributed by atoms with E-state index in [1.54, 1.807) is 19.5 Å². The van der Waals surface area contributed by atoms with Crippen LogP contribution in [0.15, 0.2) is 71.5 Å². The van der Waals surface area contributed by atoms with Gasteiger partial charge in [0, 0.05) is 36.0 Å². The summed E-state index contributed by atoms with van der Waals surface area (Å²) in [6, 6.07) is 17.5. The second kappa shape index (κ2) is 8.56. The topological polar surface area (TPSA) is 70.3 Å². The first kappa shape index (κ1) is 18.7. The van der Waals surface area contributed by atoms with E-state index in [9.17, 15) is 0 Å². The summed E-state index contributed by atoms with van der Waals surface area (Å²) in [7, 11) is 1.60. The monoisotopic (exact) mass is 387 g/mol. The number of hydrogen-bond donors (Lipinski definition) is 0. The highest BCUT2D eigenvalue weighted by Crippen LogP contribution is 2.35. The number of aromatic nitrogens is 3. The third-order valence-corrected chi connectivity index (χ3v) is 4.50. The van der Waals surface area contributed by atoms with E-state index in [-0.39, 0.29) is 0 Å². The van der Waals surface area contributed by atoms with E-state index in [4.69, 9.17) is 14.0 Å². The van der Waals surface area contributed by atoms with Crippen molar-refractivity contribution in [3.8, 4) is 28.6 Å². The van der Waals surface area contributed by atoms with Crippen LogP contribution < -0.4 is 9.47 Å². The molecule has 146 valence electrons. The fourth-order valence-electron chi connectivity index (χ4n) is 3.07. The highest BCUT2D eigenvalue weighted by molar-refractivity contribution is 5.73. The maximum atomic E-state index is 6.06. The van der Waals surface area contributed by atoms with Crippen LogP contribution in [0, 0.1) is 6.92 Å². The van der Waals surface area contributed by atoms with Crippen LogP contribution in [0.5, 0.6) is 17.5 Å². The van der Waals surface area contributed by atoms with Crippen LogP contribution in [0.2, 0.25) is 0 Å². The minimum atomic E-state index is 0.503. The van der Waals surface area contributed by atoms with Crippen molar-refractivity contribution in [1.82, 2.24) is 15.1 Å². The summed E-state index contributed by atoms with van der Waals surface area (Å²) in [5.41, 5.74) is 3.75. The van der Waals surface area contributed by atoms with Gasteiger partial charge in [0.2, 0.25) is 11.8 Å². The second-order valence-electron chi connectivity index (χ2n) is 6.60. The average molecular weight is 387 g/mol. The highest BCUT2D eigenvalue weighted by Gasteiger charge is 2.13. The lowest BCUT2D eigenvalue weighted by Crippen LogP contribution is -1.95. The van der Waals surface area contributed by atoms with Gasteiger partial charge in [-0.15, -0.1) is 0 Å². The standard InChI is InChI=1S/C23H21N3O3/c1-16-15-19(29-26-16)12-9-17-7-10-18(11-8-17)28-23-21(6-4-14-25-23)20-5-3-13-24-22(20)27-2/h3-8,10-11,13-15H,9,12H2,1-2H3. The van der Waals surface area contributed by atoms with Gasteiger partial charge in [0.05, 0.1) is 12.8 Å². The van der Waals surface area contributed by atoms with Gasteiger partial charge >= 0.3 is 0 Å². The van der Waals surface area contributed by atoms with Gasteiger partial charge in [0.1, 0.15) is 11.5 Å². The Labute approximate surface area is 169 Å². The lowest BCUT2D eigenvalue weighted by atomic mass is 10.1. The van der Waals surface area contributed by atoms with E-state index in [1.807, 2.05) is 61.5 Å². The number of methoxy groups -OCH3 is 1. The molecule has 6 heteroatoms. The smallest absolute Gasteiger partial charge is 0.227 e. The minimum absolute atomic E-state index is 0.503. The van der Waals surface area contributed by atoms with Gasteiger partial charge in [-0.3, -0.25) is 0 Å². The molecule has 0 amide bonds. The van der Waals surface area contributed by atoms with Crippen LogP contribution in [0.3, 0.4) is 0 Å². The molecule has 4 rings (SSSR count). The molecule has 0 aliphatic heterocycles. The average Bonchev–Trinajstić information content (AvgIpc) is 3.19. The van der Waals surface area contributed by atoms with Crippen LogP contribution in [0.4, 0.5) is 0 Å². The number of benzene rings is 1. The summed E-state index contributed by atoms with van der Waals surface area (Å²) in [6.07, 6.45) is 5.08. The van der Waals surface area contributed by atoms with Crippen molar-refractivity contribution in [3.63, 3.8) is 0 Å². The zero-order valence-corrected chi connectivity index (χ0v) is 16.3. The van der Waals surface area contributed by atoms with Gasteiger partial charge in [-0.2, -0.15) is 0 Å². The third kappa shape index (κ3) is 4.43. The number of nitrogens with zero attached hydrogens (tertiary/aromatic N) is 3. The van der Waals surface area contributed by atoms with Gasteiger partial charge in [-0.05, 0) is 55.3 Å². The molecule has 0 saturated heterocycles. The summed E-state index contributed by atoms with van der Waals surface area (Å²) >= 11 is 0. The molecule has 0 aliphatic rings. The van der Waals surface area contributed by atoms with Crippen molar-refractivity contribution in [2.45, 2.75) is 19.8 Å². The fraction of sp³-hybridized carbons (Fsp3) is 0.174. The Morgan fingerprint density at radius 2 is 1.55 bits per heavy atom. The molecule has 0 unspecified atom stereocenters. The molecule has 3 aromatic heterocycles. The first-order valence-corrected chi connectivity index (χ1v) is 9.36. The Kier molecular flexibility index (Phi) is 5.52. The maximum Gasteiger partial charge on any atom is 0.227 e. The number of rotatable bonds is 7. The molecule has 0 N–H and O–H groups in total. The Morgan fingerprint density at radius 1 is 0.862 bits per heavy atom. The second-order valence-corrected chi connectivity index (χ2v) is 6.60. The molecule has 3 heterocycles. The third-order valence-electron chi connectivity index (χ3n) is 4.50. The molecule has 0 saturated carbocycles. The predicted molar refractivity (Wildman–Crippen MR) is 109 cm³/mol. The molecule has 0 atom stereocenters. The van der Waals surface area contributed by atoms with E-state index in [1.165, 1.54) is 5.56 Å². The predicted octanol–water partition coefficient (Wildman–Crippen LogP) is 5.03. The van der Waals surface area contributed by atoms with Crippen molar-refractivity contribution >= 4 is 0 Å². The zero-order chi connectivity index (χ0) is 20.1. The maximum absolute atomic E-state index is 6.06. The Bertz CT molecular complexity index is 1090. The molecule has 6 nitrogen and oxygen atoms in total. The molecule has 29 heavy (non-hydrogen) atoms. The number of ether oxygens (including phenoxy) is 2. The summed E-state index contributed by atoms with van der Waals surface area (Å²) in [5, 5.41) is 3.92. The normalized spacial score (nSPS) is 10.7. The largest absolute Gasteiger partial charge is 0.481 e. The van der Waals surface area contributed by atoms with Crippen LogP contribution in [-0.4, -0.2) is 22.2 Å². The number of aryl methyl sites for hydroxylation is 3. The SMILES string of the molecule is COc1ncccc1-c1cccnc1Oc1ccc(CCc2cc(C)no2)cc1. The van der Waals surface area contributed by atoms with E-state index in [0.29, 0.717) is 17.5 Å². The summed E-state index contributed by atoms with van der Waals surface area (Å²) in [6.45, 7) is 1.92. The van der Waals surface area contributed by atoms with Crippen LogP contribution in [-0.2, 0) is 12.8 Å². The zero-order valence-electron chi connectivity index (χ0n) is 16.3. The molecular weight excluding hydrogens is 366 g/mol. The molecular formula is C23H21N3O3. The van der Waals surface area contributed by atoms with Gasteiger partial charge in [0.15, 0.2) is 0 Å². The Balaban J connectivity index is 1.50. The lowest BCUT2D eigenvalue weighted by molar-refractivity contribution is 0.379. The first-order valence-electron chi connectivity index (χ1n) is 9.36. The summed E-state index contributed by atoms with van der Waals surface area (Å²) in [5.74, 6) is 2.64. The highest BCUT2D eigenvalue weighted by atomic mass is 16.5. The van der Waals surface area contributed by atoms with Crippen LogP contribution in [0.25, 0.3) is 11.1 Å². The fourth-order valence-corrected chi connectivity index (χ4v) is 3.07. The quantitative estimate of drug-likeness (QED) is 0.443. The van der Waals surface area contributed by atoms with Crippen molar-refractivity contribution in [2.75, 3.05) is 7.11 Å². The van der Waals surface area contributed by atoms with Crippen molar-refractivity contribution < 1.29 is 14.0 Å². The number of pyridine rings is 2. The van der Waals surface area contributed by atoms with E-state index in [0.717, 1.165) is 35.4 Å². The van der Waals surface area contributed by atoms with E-state index >= 15 is 0 Å². The van der Waals surface area contributed by atoms with Crippen LogP contribution >= 0.6 is 0 Å². The van der Waals surface area contributed by atoms with Gasteiger partial charge in [0.25, 0.3) is 0 Å². The molecule has 4 aromatic rings. The van der Waals surface area contributed by atoms with Gasteiger partial charge in [-0.1, -0.05) is 17.3 Å². The van der Waals surface area contributed by atoms with Crippen LogP contribution in [0.1, 0.15) is 17.0 Å². The van der Waals surface area contributed by atoms with E-state index < -0.39 is 0 Å². The van der Waals surface area contributed by atoms with Gasteiger partial charge in [-0.25, -0.2) is 9.97 Å². The van der Waals surface area contributed by atoms with Gasteiger partial charge < -0.3 is 14.0 Å². The number of hydrogen-bond acceptors (Lipinski definition) is 6. The Morgan fingerprint density at radius 3 is 2.21 bits per heavy atom.